The molecule has 0 fully saturated rings. The van der Waals surface area contributed by atoms with Crippen LogP contribution >= 0.6 is 0 Å². The Hall–Kier alpha value is -1.98. The molecule has 6 heteroatoms. The van der Waals surface area contributed by atoms with Crippen LogP contribution in [0.2, 0.25) is 0 Å². The number of aromatic nitrogens is 2. The van der Waals surface area contributed by atoms with Crippen molar-refractivity contribution in [2.75, 3.05) is 0 Å². The predicted molar refractivity (Wildman–Crippen MR) is 55.9 cm³/mol. The zero-order valence-corrected chi connectivity index (χ0v) is 7.68. The summed E-state index contributed by atoms with van der Waals surface area (Å²) < 4.78 is 1.78. The van der Waals surface area contributed by atoms with Crippen LogP contribution in [0.3, 0.4) is 0 Å². The van der Waals surface area contributed by atoms with E-state index in [1.165, 1.54) is 0 Å². The van der Waals surface area contributed by atoms with Crippen molar-refractivity contribution in [1.29, 1.82) is 0 Å². The molecule has 0 atom stereocenters. The second-order valence-corrected chi connectivity index (χ2v) is 3.06. The molecule has 0 saturated carbocycles. The van der Waals surface area contributed by atoms with Crippen molar-refractivity contribution in [2.45, 2.75) is 0 Å². The average molecular weight is 188 g/mol. The fourth-order valence-corrected chi connectivity index (χ4v) is 1.33. The number of hydrogen-bond donors (Lipinski definition) is 2. The van der Waals surface area contributed by atoms with Crippen molar-refractivity contribution in [1.82, 2.24) is 9.38 Å². The highest BCUT2D eigenvalue weighted by atomic mass is 16.4. The van der Waals surface area contributed by atoms with Crippen molar-refractivity contribution in [3.8, 4) is 0 Å². The van der Waals surface area contributed by atoms with Crippen molar-refractivity contribution >= 4 is 24.8 Å². The molecule has 14 heavy (non-hydrogen) atoms. The Morgan fingerprint density at radius 2 is 2.36 bits per heavy atom. The molecule has 0 bridgehead atoms. The number of imidazole rings is 1. The zero-order chi connectivity index (χ0) is 10.1. The van der Waals surface area contributed by atoms with Gasteiger partial charge in [0.25, 0.3) is 0 Å². The van der Waals surface area contributed by atoms with Gasteiger partial charge < -0.3 is 10.9 Å². The summed E-state index contributed by atoms with van der Waals surface area (Å²) in [6.07, 6.45) is 3.46. The van der Waals surface area contributed by atoms with E-state index in [4.69, 9.17) is 10.9 Å². The first-order valence-electron chi connectivity index (χ1n) is 4.14. The number of pyridine rings is 1. The molecule has 70 valence electrons. The van der Waals surface area contributed by atoms with Gasteiger partial charge in [0.05, 0.1) is 6.20 Å². The summed E-state index contributed by atoms with van der Waals surface area (Å²) in [4.78, 5) is 4.12. The third-order valence-corrected chi connectivity index (χ3v) is 2.02. The lowest BCUT2D eigenvalue weighted by molar-refractivity contribution is 0.318. The van der Waals surface area contributed by atoms with E-state index in [0.717, 1.165) is 11.1 Å². The van der Waals surface area contributed by atoms with Crippen LogP contribution in [0.15, 0.2) is 29.7 Å². The Morgan fingerprint density at radius 1 is 1.57 bits per heavy atom. The maximum absolute atomic E-state index is 8.56. The van der Waals surface area contributed by atoms with E-state index in [-0.39, 0.29) is 5.84 Å². The summed E-state index contributed by atoms with van der Waals surface area (Å²) in [5.74, 6) is 0.0584. The van der Waals surface area contributed by atoms with E-state index in [2.05, 4.69) is 10.1 Å². The topological polar surface area (TPSA) is 75.9 Å². The van der Waals surface area contributed by atoms with Gasteiger partial charge in [-0.15, -0.1) is 0 Å². The van der Waals surface area contributed by atoms with Crippen LogP contribution in [-0.2, 0) is 0 Å². The first kappa shape index (κ1) is 8.62. The van der Waals surface area contributed by atoms with E-state index in [1.54, 1.807) is 10.6 Å². The van der Waals surface area contributed by atoms with E-state index >= 15 is 0 Å². The Bertz CT molecular complexity index is 505. The number of fused-ring (bicyclic) bond motifs is 1. The predicted octanol–water partition coefficient (Wildman–Crippen LogP) is -1.31. The van der Waals surface area contributed by atoms with E-state index in [9.17, 15) is 0 Å². The molecular weight excluding hydrogens is 179 g/mol. The molecule has 0 aliphatic rings. The fourth-order valence-electron chi connectivity index (χ4n) is 1.33. The second kappa shape index (κ2) is 3.06. The minimum atomic E-state index is 0.0584. The van der Waals surface area contributed by atoms with E-state index < -0.39 is 0 Å². The molecule has 0 aliphatic carbocycles. The summed E-state index contributed by atoms with van der Waals surface area (Å²) in [6.45, 7) is 0. The average Bonchev–Trinajstić information content (AvgIpc) is 2.59. The summed E-state index contributed by atoms with van der Waals surface area (Å²) in [7, 11) is 1.97. The van der Waals surface area contributed by atoms with Gasteiger partial charge in [-0.25, -0.2) is 4.98 Å². The SMILES string of the molecule is Bc1ccc2ncc(/C(N)=N/O)n2c1. The van der Waals surface area contributed by atoms with Crippen LogP contribution in [-0.4, -0.2) is 28.3 Å². The lowest BCUT2D eigenvalue weighted by Gasteiger charge is -2.00. The molecule has 5 nitrogen and oxygen atoms in total. The Balaban J connectivity index is 2.73. The van der Waals surface area contributed by atoms with Crippen LogP contribution in [0.5, 0.6) is 0 Å². The van der Waals surface area contributed by atoms with Gasteiger partial charge in [-0.2, -0.15) is 0 Å². The van der Waals surface area contributed by atoms with Crippen molar-refractivity contribution in [2.24, 2.45) is 10.9 Å². The lowest BCUT2D eigenvalue weighted by Crippen LogP contribution is -2.17. The molecule has 0 saturated heterocycles. The highest BCUT2D eigenvalue weighted by molar-refractivity contribution is 6.32. The standard InChI is InChI=1S/C8H9BN4O/c9-5-1-2-7-11-3-6(8(10)12-14)13(7)4-5/h1-4,14H,9H2,(H2,10,12). The van der Waals surface area contributed by atoms with Crippen LogP contribution < -0.4 is 11.2 Å². The van der Waals surface area contributed by atoms with Gasteiger partial charge in [-0.3, -0.25) is 4.40 Å². The Kier molecular flexibility index (Phi) is 1.88. The molecule has 0 aromatic carbocycles. The molecule has 0 aliphatic heterocycles. The molecule has 2 rings (SSSR count). The van der Waals surface area contributed by atoms with Gasteiger partial charge in [0, 0.05) is 6.20 Å². The number of rotatable bonds is 1. The summed E-state index contributed by atoms with van der Waals surface area (Å²) in [5.41, 5.74) is 7.94. The maximum Gasteiger partial charge on any atom is 0.188 e. The second-order valence-electron chi connectivity index (χ2n) is 3.06. The van der Waals surface area contributed by atoms with Crippen molar-refractivity contribution < 1.29 is 5.21 Å². The molecule has 0 radical (unpaired) electrons. The minimum Gasteiger partial charge on any atom is -0.409 e. The minimum absolute atomic E-state index is 0.0584. The summed E-state index contributed by atoms with van der Waals surface area (Å²) in [6, 6.07) is 3.84. The zero-order valence-electron chi connectivity index (χ0n) is 7.68. The van der Waals surface area contributed by atoms with Gasteiger partial charge >= 0.3 is 0 Å². The fraction of sp³-hybridized carbons (Fsp3) is 0. The molecule has 3 N–H and O–H groups in total. The third-order valence-electron chi connectivity index (χ3n) is 2.02. The molecule has 2 heterocycles. The number of oxime groups is 1. The molecule has 2 aromatic heterocycles. The van der Waals surface area contributed by atoms with Crippen molar-refractivity contribution in [3.63, 3.8) is 0 Å². The normalized spacial score (nSPS) is 12.1. The highest BCUT2D eigenvalue weighted by Gasteiger charge is 2.06. The van der Waals surface area contributed by atoms with Crippen molar-refractivity contribution in [3.05, 3.63) is 30.2 Å². The van der Waals surface area contributed by atoms with Gasteiger partial charge in [0.2, 0.25) is 0 Å². The number of hydrogen-bond acceptors (Lipinski definition) is 3. The summed E-state index contributed by atoms with van der Waals surface area (Å²) >= 11 is 0. The van der Waals surface area contributed by atoms with Gasteiger partial charge in [-0.05, 0) is 6.07 Å². The maximum atomic E-state index is 8.56. The van der Waals surface area contributed by atoms with Crippen LogP contribution in [0.25, 0.3) is 5.65 Å². The lowest BCUT2D eigenvalue weighted by atomic mass is 9.99. The molecule has 2 aromatic rings. The third kappa shape index (κ3) is 1.21. The number of amidine groups is 1. The number of nitrogens with zero attached hydrogens (tertiary/aromatic N) is 3. The largest absolute Gasteiger partial charge is 0.409 e. The van der Waals surface area contributed by atoms with Crippen LogP contribution in [0, 0.1) is 0 Å². The van der Waals surface area contributed by atoms with Gasteiger partial charge in [0.15, 0.2) is 5.84 Å². The first-order valence-corrected chi connectivity index (χ1v) is 4.14. The molecule has 0 amide bonds. The molecule has 0 spiro atoms. The van der Waals surface area contributed by atoms with Crippen LogP contribution in [0.1, 0.15) is 5.69 Å². The monoisotopic (exact) mass is 188 g/mol. The van der Waals surface area contributed by atoms with E-state index in [1.807, 2.05) is 26.2 Å². The van der Waals surface area contributed by atoms with Gasteiger partial charge in [-0.1, -0.05) is 16.7 Å². The smallest absolute Gasteiger partial charge is 0.188 e. The van der Waals surface area contributed by atoms with Crippen LogP contribution in [0.4, 0.5) is 0 Å². The van der Waals surface area contributed by atoms with Gasteiger partial charge in [0.1, 0.15) is 19.2 Å². The number of nitrogens with two attached hydrogens (primary N) is 1. The highest BCUT2D eigenvalue weighted by Crippen LogP contribution is 2.03. The van der Waals surface area contributed by atoms with E-state index in [0.29, 0.717) is 5.69 Å². The quantitative estimate of drug-likeness (QED) is 0.192. The Labute approximate surface area is 81.3 Å². The Morgan fingerprint density at radius 3 is 3.07 bits per heavy atom. The molecule has 0 unspecified atom stereocenters. The molecular formula is C8H9BN4O. The first-order chi connectivity index (χ1) is 6.72. The summed E-state index contributed by atoms with van der Waals surface area (Å²) in [5, 5.41) is 11.5.